The van der Waals surface area contributed by atoms with Crippen molar-refractivity contribution < 1.29 is 9.53 Å². The SMILES string of the molecule is C=C(C)COc1cccc(NC(=O)CBr)c1. The van der Waals surface area contributed by atoms with Crippen LogP contribution in [-0.4, -0.2) is 17.8 Å². The third-order valence-corrected chi connectivity index (χ3v) is 2.23. The smallest absolute Gasteiger partial charge is 0.235 e. The lowest BCUT2D eigenvalue weighted by Gasteiger charge is -2.08. The van der Waals surface area contributed by atoms with Gasteiger partial charge >= 0.3 is 0 Å². The molecule has 0 fully saturated rings. The first kappa shape index (κ1) is 12.8. The first-order valence-electron chi connectivity index (χ1n) is 4.85. The highest BCUT2D eigenvalue weighted by molar-refractivity contribution is 9.09. The number of carbonyl (C=O) groups is 1. The topological polar surface area (TPSA) is 38.3 Å². The molecule has 3 nitrogen and oxygen atoms in total. The van der Waals surface area contributed by atoms with Crippen molar-refractivity contribution in [1.82, 2.24) is 0 Å². The van der Waals surface area contributed by atoms with Crippen molar-refractivity contribution >= 4 is 27.5 Å². The number of ether oxygens (including phenoxy) is 1. The maximum atomic E-state index is 11.1. The van der Waals surface area contributed by atoms with Crippen LogP contribution in [0.15, 0.2) is 36.4 Å². The second-order valence-corrected chi connectivity index (χ2v) is 4.02. The van der Waals surface area contributed by atoms with E-state index in [4.69, 9.17) is 4.74 Å². The summed E-state index contributed by atoms with van der Waals surface area (Å²) in [6.45, 7) is 6.13. The van der Waals surface area contributed by atoms with Crippen LogP contribution in [0, 0.1) is 0 Å². The monoisotopic (exact) mass is 283 g/mol. The largest absolute Gasteiger partial charge is 0.489 e. The molecule has 1 rings (SSSR count). The van der Waals surface area contributed by atoms with Gasteiger partial charge in [0, 0.05) is 11.8 Å². The summed E-state index contributed by atoms with van der Waals surface area (Å²) >= 11 is 3.09. The van der Waals surface area contributed by atoms with Gasteiger partial charge in [-0.3, -0.25) is 4.79 Å². The molecule has 0 spiro atoms. The van der Waals surface area contributed by atoms with E-state index in [0.29, 0.717) is 6.61 Å². The molecule has 1 N–H and O–H groups in total. The van der Waals surface area contributed by atoms with E-state index in [0.717, 1.165) is 17.0 Å². The molecule has 16 heavy (non-hydrogen) atoms. The molecule has 1 aromatic rings. The van der Waals surface area contributed by atoms with E-state index < -0.39 is 0 Å². The third-order valence-electron chi connectivity index (χ3n) is 1.72. The predicted octanol–water partition coefficient (Wildman–Crippen LogP) is 2.97. The first-order valence-corrected chi connectivity index (χ1v) is 5.97. The number of carbonyl (C=O) groups excluding carboxylic acids is 1. The molecule has 0 heterocycles. The fraction of sp³-hybridized carbons (Fsp3) is 0.250. The van der Waals surface area contributed by atoms with Gasteiger partial charge in [-0.15, -0.1) is 0 Å². The molecule has 0 bridgehead atoms. The summed E-state index contributed by atoms with van der Waals surface area (Å²) in [6, 6.07) is 7.27. The lowest BCUT2D eigenvalue weighted by Crippen LogP contribution is -2.12. The zero-order valence-corrected chi connectivity index (χ0v) is 10.7. The van der Waals surface area contributed by atoms with Crippen LogP contribution in [0.25, 0.3) is 0 Å². The number of amides is 1. The highest BCUT2D eigenvalue weighted by Gasteiger charge is 2.01. The fourth-order valence-corrected chi connectivity index (χ4v) is 1.20. The molecule has 0 aliphatic carbocycles. The Labute approximate surface area is 104 Å². The van der Waals surface area contributed by atoms with E-state index in [9.17, 15) is 4.79 Å². The van der Waals surface area contributed by atoms with Crippen molar-refractivity contribution in [2.24, 2.45) is 0 Å². The van der Waals surface area contributed by atoms with Gasteiger partial charge in [0.05, 0.1) is 5.33 Å². The Hall–Kier alpha value is -1.29. The molecule has 0 aromatic heterocycles. The number of rotatable bonds is 5. The quantitative estimate of drug-likeness (QED) is 0.667. The van der Waals surface area contributed by atoms with Gasteiger partial charge in [0.25, 0.3) is 0 Å². The fourth-order valence-electron chi connectivity index (χ4n) is 1.06. The lowest BCUT2D eigenvalue weighted by atomic mass is 10.3. The highest BCUT2D eigenvalue weighted by atomic mass is 79.9. The van der Waals surface area contributed by atoms with Gasteiger partial charge < -0.3 is 10.1 Å². The molecule has 4 heteroatoms. The second kappa shape index (κ2) is 6.33. The van der Waals surface area contributed by atoms with Crippen LogP contribution >= 0.6 is 15.9 Å². The number of benzene rings is 1. The average Bonchev–Trinajstić information content (AvgIpc) is 2.26. The number of hydrogen-bond donors (Lipinski definition) is 1. The van der Waals surface area contributed by atoms with Crippen LogP contribution in [0.3, 0.4) is 0 Å². The van der Waals surface area contributed by atoms with E-state index in [1.807, 2.05) is 25.1 Å². The molecule has 1 aromatic carbocycles. The van der Waals surface area contributed by atoms with Gasteiger partial charge in [-0.05, 0) is 24.6 Å². The van der Waals surface area contributed by atoms with Gasteiger partial charge in [0.1, 0.15) is 12.4 Å². The summed E-state index contributed by atoms with van der Waals surface area (Å²) in [5.41, 5.74) is 1.68. The zero-order chi connectivity index (χ0) is 12.0. The van der Waals surface area contributed by atoms with Crippen molar-refractivity contribution in [1.29, 1.82) is 0 Å². The Balaban J connectivity index is 2.63. The van der Waals surface area contributed by atoms with Crippen molar-refractivity contribution in [3.05, 3.63) is 36.4 Å². The minimum atomic E-state index is -0.0861. The number of anilines is 1. The normalized spacial score (nSPS) is 9.62. The summed E-state index contributed by atoms with van der Waals surface area (Å²) in [7, 11) is 0. The van der Waals surface area contributed by atoms with Crippen LogP contribution in [0.5, 0.6) is 5.75 Å². The molecule has 0 aliphatic heterocycles. The number of alkyl halides is 1. The Morgan fingerprint density at radius 2 is 2.31 bits per heavy atom. The Kier molecular flexibility index (Phi) is 5.05. The minimum Gasteiger partial charge on any atom is -0.489 e. The van der Waals surface area contributed by atoms with E-state index in [-0.39, 0.29) is 11.2 Å². The molecule has 0 aliphatic rings. The highest BCUT2D eigenvalue weighted by Crippen LogP contribution is 2.17. The number of hydrogen-bond acceptors (Lipinski definition) is 2. The molecule has 0 unspecified atom stereocenters. The van der Waals surface area contributed by atoms with Crippen LogP contribution in [0.1, 0.15) is 6.92 Å². The second-order valence-electron chi connectivity index (χ2n) is 3.46. The van der Waals surface area contributed by atoms with Crippen molar-refractivity contribution in [3.8, 4) is 5.75 Å². The van der Waals surface area contributed by atoms with Crippen molar-refractivity contribution in [3.63, 3.8) is 0 Å². The van der Waals surface area contributed by atoms with Crippen molar-refractivity contribution in [2.45, 2.75) is 6.92 Å². The maximum Gasteiger partial charge on any atom is 0.235 e. The summed E-state index contributed by atoms with van der Waals surface area (Å²) in [5.74, 6) is 0.632. The van der Waals surface area contributed by atoms with Gasteiger partial charge in [0.15, 0.2) is 0 Å². The molecule has 0 radical (unpaired) electrons. The first-order chi connectivity index (χ1) is 7.61. The average molecular weight is 284 g/mol. The van der Waals surface area contributed by atoms with Crippen LogP contribution < -0.4 is 10.1 Å². The van der Waals surface area contributed by atoms with Gasteiger partial charge in [-0.1, -0.05) is 28.6 Å². The van der Waals surface area contributed by atoms with Crippen LogP contribution in [-0.2, 0) is 4.79 Å². The van der Waals surface area contributed by atoms with E-state index >= 15 is 0 Å². The molecule has 0 atom stereocenters. The molecular weight excluding hydrogens is 270 g/mol. The Bertz CT molecular complexity index is 390. The molecule has 0 saturated heterocycles. The van der Waals surface area contributed by atoms with E-state index in [2.05, 4.69) is 27.8 Å². The summed E-state index contributed by atoms with van der Waals surface area (Å²) in [4.78, 5) is 11.1. The van der Waals surface area contributed by atoms with E-state index in [1.54, 1.807) is 6.07 Å². The molecule has 1 amide bonds. The number of nitrogens with one attached hydrogen (secondary N) is 1. The van der Waals surface area contributed by atoms with Crippen molar-refractivity contribution in [2.75, 3.05) is 17.3 Å². The zero-order valence-electron chi connectivity index (χ0n) is 9.13. The van der Waals surface area contributed by atoms with E-state index in [1.165, 1.54) is 0 Å². The van der Waals surface area contributed by atoms with Gasteiger partial charge in [-0.2, -0.15) is 0 Å². The standard InChI is InChI=1S/C12H14BrNO2/c1-9(2)8-16-11-5-3-4-10(6-11)14-12(15)7-13/h3-6H,1,7-8H2,2H3,(H,14,15). The van der Waals surface area contributed by atoms with Gasteiger partial charge in [0.2, 0.25) is 5.91 Å². The molecule has 86 valence electrons. The Morgan fingerprint density at radius 3 is 2.94 bits per heavy atom. The maximum absolute atomic E-state index is 11.1. The predicted molar refractivity (Wildman–Crippen MR) is 69.2 cm³/mol. The van der Waals surface area contributed by atoms with Crippen LogP contribution in [0.2, 0.25) is 0 Å². The minimum absolute atomic E-state index is 0.0861. The summed E-state index contributed by atoms with van der Waals surface area (Å²) in [6.07, 6.45) is 0. The molecule has 0 saturated carbocycles. The third kappa shape index (κ3) is 4.49. The summed E-state index contributed by atoms with van der Waals surface area (Å²) < 4.78 is 5.46. The summed E-state index contributed by atoms with van der Waals surface area (Å²) in [5, 5.41) is 3.01. The van der Waals surface area contributed by atoms with Crippen LogP contribution in [0.4, 0.5) is 5.69 Å². The Morgan fingerprint density at radius 1 is 1.56 bits per heavy atom. The number of halogens is 1. The molecular formula is C12H14BrNO2. The lowest BCUT2D eigenvalue weighted by molar-refractivity contribution is -0.113. The van der Waals surface area contributed by atoms with Gasteiger partial charge in [-0.25, -0.2) is 0 Å².